The van der Waals surface area contributed by atoms with Crippen molar-refractivity contribution in [3.63, 3.8) is 0 Å². The summed E-state index contributed by atoms with van der Waals surface area (Å²) in [4.78, 5) is 21.8. The van der Waals surface area contributed by atoms with E-state index in [1.54, 1.807) is 17.3 Å². The molecule has 1 aromatic heterocycles. The zero-order chi connectivity index (χ0) is 17.6. The second-order valence-corrected chi connectivity index (χ2v) is 5.74. The fourth-order valence-electron chi connectivity index (χ4n) is 2.94. The minimum Gasteiger partial charge on any atom is -0.479 e. The van der Waals surface area contributed by atoms with Crippen molar-refractivity contribution in [2.45, 2.75) is 25.3 Å². The van der Waals surface area contributed by atoms with Crippen molar-refractivity contribution in [2.24, 2.45) is 0 Å². The number of ether oxygens (including phenoxy) is 1. The number of imidazole rings is 1. The molecule has 1 atom stereocenters. The molecule has 3 rings (SSSR count). The normalized spacial score (nSPS) is 17.0. The second-order valence-electron chi connectivity index (χ2n) is 5.74. The van der Waals surface area contributed by atoms with Crippen LogP contribution in [0.1, 0.15) is 31.1 Å². The molecule has 1 aromatic carbocycles. The number of nitrogens with one attached hydrogen (secondary N) is 2. The summed E-state index contributed by atoms with van der Waals surface area (Å²) in [7, 11) is 0. The predicted molar refractivity (Wildman–Crippen MR) is 91.6 cm³/mol. The molecule has 2 amide bonds. The molecule has 25 heavy (non-hydrogen) atoms. The summed E-state index contributed by atoms with van der Waals surface area (Å²) in [6, 6.07) is 3.54. The number of rotatable bonds is 4. The smallest absolute Gasteiger partial charge is 0.322 e. The van der Waals surface area contributed by atoms with Crippen LogP contribution in [0.5, 0.6) is 5.75 Å². The first-order valence-electron chi connectivity index (χ1n) is 8.11. The van der Waals surface area contributed by atoms with Crippen LogP contribution in [-0.4, -0.2) is 34.1 Å². The molecule has 1 unspecified atom stereocenters. The van der Waals surface area contributed by atoms with Gasteiger partial charge in [-0.3, -0.25) is 0 Å². The van der Waals surface area contributed by atoms with Gasteiger partial charge in [0.1, 0.15) is 24.0 Å². The Labute approximate surface area is 145 Å². The highest BCUT2D eigenvalue weighted by molar-refractivity contribution is 5.91. The second kappa shape index (κ2) is 7.71. The maximum absolute atomic E-state index is 13.4. The first-order valence-corrected chi connectivity index (χ1v) is 8.11. The molecule has 1 saturated heterocycles. The standard InChI is InChI=1S/C18H19FN4O2/c1-2-11-25-16-12-13(19)6-7-14(16)22-18(24)23-10-4-3-5-15(23)17-20-8-9-21-17/h1,6-9,12,15H,3-5,10-11H2,(H,20,21)(H,22,24). The van der Waals surface area contributed by atoms with Crippen LogP contribution in [-0.2, 0) is 0 Å². The lowest BCUT2D eigenvalue weighted by atomic mass is 10.0. The Bertz CT molecular complexity index is 770. The number of benzene rings is 1. The lowest BCUT2D eigenvalue weighted by molar-refractivity contribution is 0.159. The van der Waals surface area contributed by atoms with Gasteiger partial charge in [0.05, 0.1) is 11.7 Å². The number of hydrogen-bond acceptors (Lipinski definition) is 3. The molecule has 2 aromatic rings. The van der Waals surface area contributed by atoms with E-state index in [1.807, 2.05) is 0 Å². The Kier molecular flexibility index (Phi) is 5.19. The van der Waals surface area contributed by atoms with Crippen LogP contribution in [0.3, 0.4) is 0 Å². The molecule has 1 fully saturated rings. The lowest BCUT2D eigenvalue weighted by Crippen LogP contribution is -2.41. The molecule has 0 spiro atoms. The molecule has 0 aliphatic carbocycles. The molecular formula is C18H19FN4O2. The highest BCUT2D eigenvalue weighted by Gasteiger charge is 2.30. The summed E-state index contributed by atoms with van der Waals surface area (Å²) in [5.41, 5.74) is 0.380. The Balaban J connectivity index is 1.78. The fraction of sp³-hybridized carbons (Fsp3) is 0.333. The van der Waals surface area contributed by atoms with Crippen molar-refractivity contribution >= 4 is 11.7 Å². The van der Waals surface area contributed by atoms with Crippen LogP contribution >= 0.6 is 0 Å². The topological polar surface area (TPSA) is 70.2 Å². The van der Waals surface area contributed by atoms with Crippen LogP contribution < -0.4 is 10.1 Å². The Morgan fingerprint density at radius 2 is 2.40 bits per heavy atom. The van der Waals surface area contributed by atoms with Crippen molar-refractivity contribution < 1.29 is 13.9 Å². The first-order chi connectivity index (χ1) is 12.2. The van der Waals surface area contributed by atoms with Gasteiger partial charge >= 0.3 is 6.03 Å². The Morgan fingerprint density at radius 1 is 1.52 bits per heavy atom. The largest absolute Gasteiger partial charge is 0.479 e. The van der Waals surface area contributed by atoms with Crippen molar-refractivity contribution in [2.75, 3.05) is 18.5 Å². The van der Waals surface area contributed by atoms with E-state index in [4.69, 9.17) is 11.2 Å². The number of hydrogen-bond donors (Lipinski definition) is 2. The predicted octanol–water partition coefficient (Wildman–Crippen LogP) is 3.32. The number of amides is 2. The molecular weight excluding hydrogens is 323 g/mol. The molecule has 0 radical (unpaired) electrons. The molecule has 0 saturated carbocycles. The third kappa shape index (κ3) is 3.91. The van der Waals surface area contributed by atoms with E-state index in [0.717, 1.165) is 25.1 Å². The SMILES string of the molecule is C#CCOc1cc(F)ccc1NC(=O)N1CCCCC1c1ncc[nH]1. The molecule has 2 heterocycles. The first kappa shape index (κ1) is 16.8. The lowest BCUT2D eigenvalue weighted by Gasteiger charge is -2.34. The molecule has 1 aliphatic heterocycles. The van der Waals surface area contributed by atoms with Crippen molar-refractivity contribution in [1.82, 2.24) is 14.9 Å². The van der Waals surface area contributed by atoms with Crippen LogP contribution in [0, 0.1) is 18.2 Å². The number of aromatic amines is 1. The Hall–Kier alpha value is -3.01. The summed E-state index contributed by atoms with van der Waals surface area (Å²) in [6.45, 7) is 0.615. The third-order valence-corrected chi connectivity index (χ3v) is 4.09. The Morgan fingerprint density at radius 3 is 3.16 bits per heavy atom. The zero-order valence-corrected chi connectivity index (χ0v) is 13.7. The quantitative estimate of drug-likeness (QED) is 0.838. The average Bonchev–Trinajstić information content (AvgIpc) is 3.16. The summed E-state index contributed by atoms with van der Waals surface area (Å²) < 4.78 is 18.8. The van der Waals surface area contributed by atoms with Crippen LogP contribution in [0.15, 0.2) is 30.6 Å². The number of aromatic nitrogens is 2. The van der Waals surface area contributed by atoms with E-state index in [-0.39, 0.29) is 24.4 Å². The molecule has 130 valence electrons. The molecule has 1 aliphatic rings. The van der Waals surface area contributed by atoms with Gasteiger partial charge in [0.2, 0.25) is 0 Å². The number of urea groups is 1. The van der Waals surface area contributed by atoms with E-state index in [1.165, 1.54) is 18.2 Å². The van der Waals surface area contributed by atoms with Gasteiger partial charge in [0.25, 0.3) is 0 Å². The molecule has 7 heteroatoms. The van der Waals surface area contributed by atoms with Gasteiger partial charge < -0.3 is 19.9 Å². The average molecular weight is 342 g/mol. The van der Waals surface area contributed by atoms with Gasteiger partial charge in [0, 0.05) is 25.0 Å². The number of H-pyrrole nitrogens is 1. The van der Waals surface area contributed by atoms with Crippen molar-refractivity contribution in [3.05, 3.63) is 42.2 Å². The van der Waals surface area contributed by atoms with Gasteiger partial charge in [-0.15, -0.1) is 6.42 Å². The summed E-state index contributed by atoms with van der Waals surface area (Å²) in [5.74, 6) is 2.83. The molecule has 0 bridgehead atoms. The zero-order valence-electron chi connectivity index (χ0n) is 13.7. The number of carbonyl (C=O) groups is 1. The van der Waals surface area contributed by atoms with Gasteiger partial charge in [-0.25, -0.2) is 14.2 Å². The summed E-state index contributed by atoms with van der Waals surface area (Å²) >= 11 is 0. The van der Waals surface area contributed by atoms with Crippen molar-refractivity contribution in [3.8, 4) is 18.1 Å². The van der Waals surface area contributed by atoms with E-state index < -0.39 is 5.82 Å². The number of carbonyl (C=O) groups excluding carboxylic acids is 1. The van der Waals surface area contributed by atoms with Gasteiger partial charge in [0.15, 0.2) is 0 Å². The summed E-state index contributed by atoms with van der Waals surface area (Å²) in [5, 5.41) is 2.79. The van der Waals surface area contributed by atoms with E-state index in [2.05, 4.69) is 21.2 Å². The van der Waals surface area contributed by atoms with E-state index >= 15 is 0 Å². The van der Waals surface area contributed by atoms with Crippen LogP contribution in [0.25, 0.3) is 0 Å². The fourth-order valence-corrected chi connectivity index (χ4v) is 2.94. The number of piperidine rings is 1. The highest BCUT2D eigenvalue weighted by Crippen LogP contribution is 2.31. The number of terminal acetylenes is 1. The van der Waals surface area contributed by atoms with Crippen LogP contribution in [0.4, 0.5) is 14.9 Å². The third-order valence-electron chi connectivity index (χ3n) is 4.09. The summed E-state index contributed by atoms with van der Waals surface area (Å²) in [6.07, 6.45) is 11.4. The van der Waals surface area contributed by atoms with E-state index in [0.29, 0.717) is 12.2 Å². The minimum absolute atomic E-state index is 0.00887. The maximum Gasteiger partial charge on any atom is 0.322 e. The maximum atomic E-state index is 13.4. The number of anilines is 1. The monoisotopic (exact) mass is 342 g/mol. The number of halogens is 1. The van der Waals surface area contributed by atoms with E-state index in [9.17, 15) is 9.18 Å². The van der Waals surface area contributed by atoms with Gasteiger partial charge in [-0.05, 0) is 31.4 Å². The van der Waals surface area contributed by atoms with Gasteiger partial charge in [-0.1, -0.05) is 5.92 Å². The molecule has 6 nitrogen and oxygen atoms in total. The van der Waals surface area contributed by atoms with Gasteiger partial charge in [-0.2, -0.15) is 0 Å². The minimum atomic E-state index is -0.462. The number of likely N-dealkylation sites (tertiary alicyclic amines) is 1. The van der Waals surface area contributed by atoms with Crippen molar-refractivity contribution in [1.29, 1.82) is 0 Å². The molecule has 2 N–H and O–H groups in total. The number of nitrogens with zero attached hydrogens (tertiary/aromatic N) is 2. The highest BCUT2D eigenvalue weighted by atomic mass is 19.1. The van der Waals surface area contributed by atoms with Crippen LogP contribution in [0.2, 0.25) is 0 Å².